The van der Waals surface area contributed by atoms with Gasteiger partial charge in [-0.1, -0.05) is 30.9 Å². The molecule has 1 saturated carbocycles. The summed E-state index contributed by atoms with van der Waals surface area (Å²) in [4.78, 5) is 9.35. The zero-order valence-corrected chi connectivity index (χ0v) is 14.3. The minimum absolute atomic E-state index is 0.709. The van der Waals surface area contributed by atoms with Gasteiger partial charge in [0.25, 0.3) is 0 Å². The Labute approximate surface area is 147 Å². The van der Waals surface area contributed by atoms with E-state index in [1.54, 1.807) is 10.7 Å². The second-order valence-electron chi connectivity index (χ2n) is 6.20. The number of aliphatic imine (C=N–C) groups is 1. The first-order valence-electron chi connectivity index (χ1n) is 8.56. The monoisotopic (exact) mass is 328 g/mol. The normalized spacial score (nSPS) is 15.6. The van der Waals surface area contributed by atoms with Crippen LogP contribution in [-0.2, 0) is 0 Å². The van der Waals surface area contributed by atoms with E-state index < -0.39 is 0 Å². The van der Waals surface area contributed by atoms with Gasteiger partial charge in [0.05, 0.1) is 17.6 Å². The lowest BCUT2D eigenvalue weighted by molar-refractivity contribution is 0.936. The Kier molecular flexibility index (Phi) is 4.02. The lowest BCUT2D eigenvalue weighted by atomic mass is 10.0. The average molecular weight is 328 g/mol. The maximum absolute atomic E-state index is 4.70. The third-order valence-electron chi connectivity index (χ3n) is 4.46. The lowest BCUT2D eigenvalue weighted by Crippen LogP contribution is -1.96. The zero-order valence-electron chi connectivity index (χ0n) is 14.3. The first-order chi connectivity index (χ1) is 12.3. The molecule has 3 aromatic rings. The number of nitrogens with zero attached hydrogens (tertiary/aromatic N) is 4. The van der Waals surface area contributed by atoms with Crippen LogP contribution in [0.4, 0.5) is 0 Å². The Morgan fingerprint density at radius 2 is 2.16 bits per heavy atom. The van der Waals surface area contributed by atoms with Crippen molar-refractivity contribution in [3.63, 3.8) is 0 Å². The number of hydrogen-bond donors (Lipinski definition) is 0. The summed E-state index contributed by atoms with van der Waals surface area (Å²) in [7, 11) is 0. The molecule has 1 aromatic carbocycles. The van der Waals surface area contributed by atoms with Gasteiger partial charge in [0.2, 0.25) is 0 Å². The molecule has 0 bridgehead atoms. The zero-order chi connectivity index (χ0) is 17.2. The molecule has 0 radical (unpaired) electrons. The molecule has 4 nitrogen and oxygen atoms in total. The van der Waals surface area contributed by atoms with Gasteiger partial charge in [-0.15, -0.1) is 0 Å². The molecular formula is C21H20N4. The van der Waals surface area contributed by atoms with E-state index in [1.165, 1.54) is 18.4 Å². The number of hydrogen-bond acceptors (Lipinski definition) is 3. The summed E-state index contributed by atoms with van der Waals surface area (Å²) in [5, 5.41) is 4.20. The van der Waals surface area contributed by atoms with E-state index >= 15 is 0 Å². The van der Waals surface area contributed by atoms with Crippen LogP contribution in [0.2, 0.25) is 0 Å². The fraction of sp³-hybridized carbons (Fsp3) is 0.190. The molecule has 2 heterocycles. The summed E-state index contributed by atoms with van der Waals surface area (Å²) in [6.45, 7) is 5.94. The van der Waals surface area contributed by atoms with Crippen LogP contribution >= 0.6 is 0 Å². The number of allylic oxidation sites excluding steroid dienone is 2. The lowest BCUT2D eigenvalue weighted by Gasteiger charge is -2.10. The van der Waals surface area contributed by atoms with Crippen LogP contribution in [0.25, 0.3) is 16.9 Å². The molecule has 1 aliphatic rings. The molecular weight excluding hydrogens is 308 g/mol. The van der Waals surface area contributed by atoms with E-state index in [4.69, 9.17) is 4.98 Å². The maximum Gasteiger partial charge on any atom is 0.155 e. The molecule has 0 spiro atoms. The average Bonchev–Trinajstić information content (AvgIpc) is 3.39. The second-order valence-corrected chi connectivity index (χ2v) is 6.20. The molecule has 124 valence electrons. The van der Waals surface area contributed by atoms with Gasteiger partial charge >= 0.3 is 0 Å². The van der Waals surface area contributed by atoms with Crippen molar-refractivity contribution in [2.75, 3.05) is 0 Å². The Balaban J connectivity index is 1.88. The highest BCUT2D eigenvalue weighted by molar-refractivity contribution is 5.96. The van der Waals surface area contributed by atoms with Crippen LogP contribution in [0.15, 0.2) is 66.4 Å². The molecule has 1 aliphatic carbocycles. The highest BCUT2D eigenvalue weighted by Crippen LogP contribution is 2.41. The highest BCUT2D eigenvalue weighted by atomic mass is 15.2. The Hall–Kier alpha value is -3.01. The third-order valence-corrected chi connectivity index (χ3v) is 4.46. The molecule has 4 heteroatoms. The summed E-state index contributed by atoms with van der Waals surface area (Å²) < 4.78 is 1.75. The molecule has 0 amide bonds. The van der Waals surface area contributed by atoms with Crippen molar-refractivity contribution in [1.29, 1.82) is 0 Å². The van der Waals surface area contributed by atoms with Crippen molar-refractivity contribution in [3.05, 3.63) is 78.3 Å². The van der Waals surface area contributed by atoms with Crippen molar-refractivity contribution in [1.82, 2.24) is 14.6 Å². The topological polar surface area (TPSA) is 42.5 Å². The number of fused-ring (bicyclic) bond motifs is 1. The number of rotatable bonds is 5. The largest absolute Gasteiger partial charge is 0.260 e. The molecule has 0 unspecified atom stereocenters. The standard InChI is InChI=1S/C21H20N4/c1-3-18(19-11-13-25-20(24-19)10-12-23-25)21(22-4-2)17-7-5-6-16(14-17)15-8-9-15/h3-7,10-15H,1,8-9H2,2H3/b21-18+,22-4?. The summed E-state index contributed by atoms with van der Waals surface area (Å²) in [6.07, 6.45) is 9.88. The molecule has 2 aromatic heterocycles. The molecule has 1 fully saturated rings. The van der Waals surface area contributed by atoms with E-state index in [9.17, 15) is 0 Å². The van der Waals surface area contributed by atoms with Gasteiger partial charge in [0.1, 0.15) is 0 Å². The van der Waals surface area contributed by atoms with Gasteiger partial charge in [-0.2, -0.15) is 5.10 Å². The second kappa shape index (κ2) is 6.48. The van der Waals surface area contributed by atoms with E-state index in [2.05, 4.69) is 40.9 Å². The third kappa shape index (κ3) is 3.03. The van der Waals surface area contributed by atoms with Gasteiger partial charge in [0.15, 0.2) is 5.65 Å². The van der Waals surface area contributed by atoms with E-state index in [0.29, 0.717) is 5.92 Å². The predicted molar refractivity (Wildman–Crippen MR) is 103 cm³/mol. The molecule has 4 rings (SSSR count). The SMILES string of the molecule is C=C/C(=C(\N=CC)c1cccc(C2CC2)c1)c1ccn2nccc2n1. The molecule has 0 aliphatic heterocycles. The van der Waals surface area contributed by atoms with Crippen molar-refractivity contribution in [2.24, 2.45) is 4.99 Å². The van der Waals surface area contributed by atoms with E-state index in [-0.39, 0.29) is 0 Å². The van der Waals surface area contributed by atoms with Crippen LogP contribution < -0.4 is 0 Å². The van der Waals surface area contributed by atoms with E-state index in [0.717, 1.165) is 28.2 Å². The van der Waals surface area contributed by atoms with Crippen LogP contribution in [0, 0.1) is 0 Å². The summed E-state index contributed by atoms with van der Waals surface area (Å²) in [5.41, 5.74) is 5.98. The Morgan fingerprint density at radius 1 is 1.28 bits per heavy atom. The first-order valence-corrected chi connectivity index (χ1v) is 8.56. The molecule has 0 atom stereocenters. The minimum atomic E-state index is 0.709. The Bertz CT molecular complexity index is 990. The molecule has 0 saturated heterocycles. The number of benzene rings is 1. The quantitative estimate of drug-likeness (QED) is 0.501. The van der Waals surface area contributed by atoms with Crippen LogP contribution in [0.5, 0.6) is 0 Å². The fourth-order valence-corrected chi connectivity index (χ4v) is 3.07. The van der Waals surface area contributed by atoms with Crippen molar-refractivity contribution in [2.45, 2.75) is 25.7 Å². The van der Waals surface area contributed by atoms with Crippen LogP contribution in [0.1, 0.15) is 42.5 Å². The first kappa shape index (κ1) is 15.5. The molecule has 25 heavy (non-hydrogen) atoms. The van der Waals surface area contributed by atoms with Gasteiger partial charge in [0, 0.05) is 29.6 Å². The predicted octanol–water partition coefficient (Wildman–Crippen LogP) is 4.75. The van der Waals surface area contributed by atoms with Gasteiger partial charge in [-0.05, 0) is 43.4 Å². The molecule has 0 N–H and O–H groups in total. The fourth-order valence-electron chi connectivity index (χ4n) is 3.07. The van der Waals surface area contributed by atoms with Gasteiger partial charge in [-0.25, -0.2) is 9.50 Å². The van der Waals surface area contributed by atoms with Crippen molar-refractivity contribution >= 4 is 23.1 Å². The summed E-state index contributed by atoms with van der Waals surface area (Å²) >= 11 is 0. The van der Waals surface area contributed by atoms with Crippen LogP contribution in [-0.4, -0.2) is 20.8 Å². The highest BCUT2D eigenvalue weighted by Gasteiger charge is 2.24. The minimum Gasteiger partial charge on any atom is -0.260 e. The van der Waals surface area contributed by atoms with Gasteiger partial charge < -0.3 is 0 Å². The van der Waals surface area contributed by atoms with E-state index in [1.807, 2.05) is 37.5 Å². The van der Waals surface area contributed by atoms with Gasteiger partial charge in [-0.3, -0.25) is 4.99 Å². The summed E-state index contributed by atoms with van der Waals surface area (Å²) in [5.74, 6) is 0.709. The smallest absolute Gasteiger partial charge is 0.155 e. The Morgan fingerprint density at radius 3 is 2.92 bits per heavy atom. The van der Waals surface area contributed by atoms with Crippen molar-refractivity contribution in [3.8, 4) is 0 Å². The van der Waals surface area contributed by atoms with Crippen LogP contribution in [0.3, 0.4) is 0 Å². The number of aromatic nitrogens is 3. The van der Waals surface area contributed by atoms with Crippen molar-refractivity contribution < 1.29 is 0 Å². The maximum atomic E-state index is 4.70. The summed E-state index contributed by atoms with van der Waals surface area (Å²) in [6, 6.07) is 12.5.